The van der Waals surface area contributed by atoms with E-state index < -0.39 is 0 Å². The molecule has 0 amide bonds. The molecular formula is C9H15NO2. The highest BCUT2D eigenvalue weighted by Gasteiger charge is 2.30. The molecule has 1 heterocycles. The number of carbonyl (C=O) groups excluding carboxylic acids is 1. The van der Waals surface area contributed by atoms with E-state index in [9.17, 15) is 4.79 Å². The molecule has 1 aliphatic rings. The summed E-state index contributed by atoms with van der Waals surface area (Å²) in [5.41, 5.74) is 0. The van der Waals surface area contributed by atoms with Gasteiger partial charge in [0.2, 0.25) is 0 Å². The number of likely N-dealkylation sites (tertiary alicyclic amines) is 1. The molecule has 12 heavy (non-hydrogen) atoms. The van der Waals surface area contributed by atoms with E-state index in [2.05, 4.69) is 11.5 Å². The van der Waals surface area contributed by atoms with Crippen LogP contribution in [0.15, 0.2) is 12.7 Å². The van der Waals surface area contributed by atoms with E-state index in [0.717, 1.165) is 25.9 Å². The lowest BCUT2D eigenvalue weighted by atomic mass is 10.2. The zero-order valence-corrected chi connectivity index (χ0v) is 7.45. The average molecular weight is 169 g/mol. The predicted octanol–water partition coefficient (Wildman–Crippen LogP) is 0.810. The molecule has 1 saturated heterocycles. The molecule has 3 nitrogen and oxygen atoms in total. The van der Waals surface area contributed by atoms with Crippen LogP contribution in [0.2, 0.25) is 0 Å². The minimum atomic E-state index is -0.116. The lowest BCUT2D eigenvalue weighted by Crippen LogP contribution is -2.36. The molecule has 0 spiro atoms. The number of hydrogen-bond acceptors (Lipinski definition) is 3. The number of hydrogen-bond donors (Lipinski definition) is 0. The molecule has 0 bridgehead atoms. The lowest BCUT2D eigenvalue weighted by molar-refractivity contribution is -0.145. The molecule has 0 aliphatic carbocycles. The maximum atomic E-state index is 11.2. The Balaban J connectivity index is 2.50. The average Bonchev–Trinajstić information content (AvgIpc) is 2.52. The Labute approximate surface area is 73.0 Å². The van der Waals surface area contributed by atoms with Crippen LogP contribution in [-0.2, 0) is 9.53 Å². The van der Waals surface area contributed by atoms with Crippen molar-refractivity contribution in [2.75, 3.05) is 20.2 Å². The number of nitrogens with zero attached hydrogens (tertiary/aromatic N) is 1. The van der Waals surface area contributed by atoms with Crippen LogP contribution in [0, 0.1) is 0 Å². The number of carbonyl (C=O) groups is 1. The molecule has 0 radical (unpaired) electrons. The van der Waals surface area contributed by atoms with Crippen molar-refractivity contribution in [1.29, 1.82) is 0 Å². The smallest absolute Gasteiger partial charge is 0.323 e. The molecule has 0 N–H and O–H groups in total. The predicted molar refractivity (Wildman–Crippen MR) is 46.8 cm³/mol. The number of esters is 1. The van der Waals surface area contributed by atoms with Crippen LogP contribution < -0.4 is 0 Å². The van der Waals surface area contributed by atoms with Crippen LogP contribution in [0.25, 0.3) is 0 Å². The third kappa shape index (κ3) is 1.85. The normalized spacial score (nSPS) is 23.9. The molecule has 0 aromatic heterocycles. The number of ether oxygens (including phenoxy) is 1. The summed E-state index contributed by atoms with van der Waals surface area (Å²) in [4.78, 5) is 13.3. The first-order valence-electron chi connectivity index (χ1n) is 4.22. The Hall–Kier alpha value is -0.830. The van der Waals surface area contributed by atoms with Crippen LogP contribution in [0.5, 0.6) is 0 Å². The molecule has 1 fully saturated rings. The van der Waals surface area contributed by atoms with Gasteiger partial charge in [-0.2, -0.15) is 0 Å². The fourth-order valence-corrected chi connectivity index (χ4v) is 1.61. The van der Waals surface area contributed by atoms with Gasteiger partial charge in [0.25, 0.3) is 0 Å². The van der Waals surface area contributed by atoms with Crippen molar-refractivity contribution >= 4 is 5.97 Å². The highest BCUT2D eigenvalue weighted by atomic mass is 16.5. The van der Waals surface area contributed by atoms with Gasteiger partial charge in [-0.05, 0) is 19.4 Å². The second-order valence-corrected chi connectivity index (χ2v) is 2.96. The monoisotopic (exact) mass is 169 g/mol. The lowest BCUT2D eigenvalue weighted by Gasteiger charge is -2.19. The van der Waals surface area contributed by atoms with Crippen molar-refractivity contribution in [2.45, 2.75) is 18.9 Å². The second kappa shape index (κ2) is 4.26. The van der Waals surface area contributed by atoms with E-state index in [1.165, 1.54) is 7.11 Å². The summed E-state index contributed by atoms with van der Waals surface area (Å²) in [7, 11) is 1.44. The Morgan fingerprint density at radius 2 is 2.58 bits per heavy atom. The first-order chi connectivity index (χ1) is 5.79. The third-order valence-electron chi connectivity index (χ3n) is 2.20. The molecule has 1 aliphatic heterocycles. The third-order valence-corrected chi connectivity index (χ3v) is 2.20. The van der Waals surface area contributed by atoms with Gasteiger partial charge in [-0.15, -0.1) is 6.58 Å². The van der Waals surface area contributed by atoms with Crippen molar-refractivity contribution in [1.82, 2.24) is 4.90 Å². The van der Waals surface area contributed by atoms with Gasteiger partial charge in [0, 0.05) is 6.54 Å². The summed E-state index contributed by atoms with van der Waals surface area (Å²) in [6.07, 6.45) is 3.81. The molecule has 0 saturated carbocycles. The van der Waals surface area contributed by atoms with E-state index in [1.807, 2.05) is 6.08 Å². The molecule has 3 heteroatoms. The van der Waals surface area contributed by atoms with Gasteiger partial charge in [0.05, 0.1) is 7.11 Å². The highest BCUT2D eigenvalue weighted by Crippen LogP contribution is 2.17. The van der Waals surface area contributed by atoms with Crippen LogP contribution in [0.4, 0.5) is 0 Å². The Morgan fingerprint density at radius 1 is 1.83 bits per heavy atom. The summed E-state index contributed by atoms with van der Waals surface area (Å²) in [5.74, 6) is -0.116. The van der Waals surface area contributed by atoms with Crippen molar-refractivity contribution in [2.24, 2.45) is 0 Å². The zero-order valence-electron chi connectivity index (χ0n) is 7.45. The topological polar surface area (TPSA) is 29.5 Å². The van der Waals surface area contributed by atoms with E-state index in [1.54, 1.807) is 0 Å². The molecule has 0 aromatic rings. The quantitative estimate of drug-likeness (QED) is 0.462. The van der Waals surface area contributed by atoms with Crippen LogP contribution in [-0.4, -0.2) is 37.1 Å². The van der Waals surface area contributed by atoms with Gasteiger partial charge >= 0.3 is 5.97 Å². The standard InChI is InChI=1S/C9H15NO2/c1-3-6-10-7-4-5-8(10)9(11)12-2/h3,8H,1,4-7H2,2H3. The van der Waals surface area contributed by atoms with E-state index >= 15 is 0 Å². The van der Waals surface area contributed by atoms with Crippen LogP contribution in [0.3, 0.4) is 0 Å². The van der Waals surface area contributed by atoms with Crippen molar-refractivity contribution in [3.8, 4) is 0 Å². The minimum absolute atomic E-state index is 0.0343. The van der Waals surface area contributed by atoms with Gasteiger partial charge in [-0.3, -0.25) is 9.69 Å². The molecule has 1 unspecified atom stereocenters. The second-order valence-electron chi connectivity index (χ2n) is 2.96. The van der Waals surface area contributed by atoms with Gasteiger partial charge < -0.3 is 4.74 Å². The molecule has 0 aromatic carbocycles. The van der Waals surface area contributed by atoms with Crippen LogP contribution in [0.1, 0.15) is 12.8 Å². The fraction of sp³-hybridized carbons (Fsp3) is 0.667. The first kappa shape index (κ1) is 9.26. The molecule has 1 rings (SSSR count). The van der Waals surface area contributed by atoms with E-state index in [4.69, 9.17) is 4.74 Å². The summed E-state index contributed by atoms with van der Waals surface area (Å²) in [6, 6.07) is -0.0343. The van der Waals surface area contributed by atoms with Crippen molar-refractivity contribution < 1.29 is 9.53 Å². The SMILES string of the molecule is C=CCN1CCCC1C(=O)OC. The summed E-state index contributed by atoms with van der Waals surface area (Å²) < 4.78 is 4.70. The largest absolute Gasteiger partial charge is 0.468 e. The Bertz CT molecular complexity index is 179. The van der Waals surface area contributed by atoms with Crippen LogP contribution >= 0.6 is 0 Å². The zero-order chi connectivity index (χ0) is 8.97. The van der Waals surface area contributed by atoms with Gasteiger partial charge in [0.15, 0.2) is 0 Å². The van der Waals surface area contributed by atoms with Gasteiger partial charge in [-0.25, -0.2) is 0 Å². The van der Waals surface area contributed by atoms with Crippen molar-refractivity contribution in [3.63, 3.8) is 0 Å². The Morgan fingerprint density at radius 3 is 3.17 bits per heavy atom. The van der Waals surface area contributed by atoms with Gasteiger partial charge in [0.1, 0.15) is 6.04 Å². The number of rotatable bonds is 3. The first-order valence-corrected chi connectivity index (χ1v) is 4.22. The highest BCUT2D eigenvalue weighted by molar-refractivity contribution is 5.75. The minimum Gasteiger partial charge on any atom is -0.468 e. The number of methoxy groups -OCH3 is 1. The maximum Gasteiger partial charge on any atom is 0.323 e. The summed E-state index contributed by atoms with van der Waals surface area (Å²) in [6.45, 7) is 5.41. The molecule has 1 atom stereocenters. The van der Waals surface area contributed by atoms with Crippen molar-refractivity contribution in [3.05, 3.63) is 12.7 Å². The summed E-state index contributed by atoms with van der Waals surface area (Å²) >= 11 is 0. The van der Waals surface area contributed by atoms with E-state index in [0.29, 0.717) is 0 Å². The van der Waals surface area contributed by atoms with Gasteiger partial charge in [-0.1, -0.05) is 6.08 Å². The fourth-order valence-electron chi connectivity index (χ4n) is 1.61. The Kier molecular flexibility index (Phi) is 3.29. The van der Waals surface area contributed by atoms with E-state index in [-0.39, 0.29) is 12.0 Å². The summed E-state index contributed by atoms with van der Waals surface area (Å²) in [5, 5.41) is 0. The maximum absolute atomic E-state index is 11.2. The molecule has 68 valence electrons. The molecular weight excluding hydrogens is 154 g/mol.